The van der Waals surface area contributed by atoms with Gasteiger partial charge in [-0.3, -0.25) is 4.79 Å². The predicted molar refractivity (Wildman–Crippen MR) is 303 cm³/mol. The number of aliphatic hydroxyl groups is 2. The van der Waals surface area contributed by atoms with Crippen LogP contribution in [0.4, 0.5) is 0 Å². The van der Waals surface area contributed by atoms with E-state index >= 15 is 0 Å². The maximum absolute atomic E-state index is 12.5. The van der Waals surface area contributed by atoms with E-state index in [1.807, 2.05) is 6.08 Å². The maximum atomic E-state index is 12.5. The number of unbranched alkanes of at least 4 members (excludes halogenated alkanes) is 35. The smallest absolute Gasteiger partial charge is 0.220 e. The molecule has 394 valence electrons. The number of nitrogens with one attached hydrogen (secondary N) is 1. The topological polar surface area (TPSA) is 69.6 Å². The molecular formula is C64H115NO3. The molecule has 0 aliphatic heterocycles. The van der Waals surface area contributed by atoms with Crippen molar-refractivity contribution in [3.63, 3.8) is 0 Å². The number of amides is 1. The summed E-state index contributed by atoms with van der Waals surface area (Å²) in [6.07, 6.45) is 86.1. The van der Waals surface area contributed by atoms with Gasteiger partial charge in [-0.1, -0.05) is 304 Å². The Morgan fingerprint density at radius 3 is 0.971 bits per heavy atom. The van der Waals surface area contributed by atoms with Gasteiger partial charge in [-0.05, 0) is 70.6 Å². The lowest BCUT2D eigenvalue weighted by Gasteiger charge is -2.20. The molecule has 2 atom stereocenters. The zero-order valence-electron chi connectivity index (χ0n) is 45.4. The summed E-state index contributed by atoms with van der Waals surface area (Å²) >= 11 is 0. The second kappa shape index (κ2) is 58.9. The second-order valence-corrected chi connectivity index (χ2v) is 20.0. The van der Waals surface area contributed by atoms with E-state index in [2.05, 4.69) is 92.1 Å². The van der Waals surface area contributed by atoms with Crippen LogP contribution < -0.4 is 5.32 Å². The molecule has 4 nitrogen and oxygen atoms in total. The summed E-state index contributed by atoms with van der Waals surface area (Å²) in [5, 5.41) is 23.2. The van der Waals surface area contributed by atoms with E-state index < -0.39 is 12.1 Å². The standard InChI is InChI=1S/C64H115NO3/c1-3-5-7-9-11-13-15-17-19-21-23-25-27-28-29-30-31-32-33-34-35-36-38-40-42-44-46-48-50-52-54-56-58-60-64(68)65-62(61-66)63(67)59-57-55-53-51-49-47-45-43-41-39-37-26-24-22-20-18-16-14-12-10-8-6-4-2/h5,7,11,13,17,19,23,25,28-29,31-32,57,59,62-63,66-67H,3-4,6,8-10,12,14-16,18,20-22,24,26-27,30,33-56,58,60-61H2,1-2H3,(H,65,68)/b7-5-,13-11-,19-17-,25-23-,29-28-,32-31-,59-57+. The van der Waals surface area contributed by atoms with Crippen LogP contribution >= 0.6 is 0 Å². The zero-order chi connectivity index (χ0) is 49.2. The van der Waals surface area contributed by atoms with Crippen LogP contribution in [0, 0.1) is 0 Å². The first-order valence-corrected chi connectivity index (χ1v) is 29.8. The van der Waals surface area contributed by atoms with Crippen LogP contribution in [0.2, 0.25) is 0 Å². The van der Waals surface area contributed by atoms with Gasteiger partial charge in [0.2, 0.25) is 5.91 Å². The van der Waals surface area contributed by atoms with Gasteiger partial charge in [-0.2, -0.15) is 0 Å². The first-order valence-electron chi connectivity index (χ1n) is 29.8. The van der Waals surface area contributed by atoms with Crippen molar-refractivity contribution >= 4 is 5.91 Å². The molecule has 1 amide bonds. The highest BCUT2D eigenvalue weighted by Crippen LogP contribution is 2.17. The number of hydrogen-bond acceptors (Lipinski definition) is 3. The van der Waals surface area contributed by atoms with Gasteiger partial charge in [0, 0.05) is 6.42 Å². The van der Waals surface area contributed by atoms with Crippen LogP contribution in [-0.4, -0.2) is 34.9 Å². The summed E-state index contributed by atoms with van der Waals surface area (Å²) in [6.45, 7) is 4.22. The SMILES string of the molecule is CC/C=C\C/C=C\C/C=C\C/C=C\C/C=C\C/C=C\CCCCCCCCCCCCCCCCC(=O)NC(CO)C(O)/C=C/CCCCCCCCCCCCCCCCCCCCCCC. The minimum atomic E-state index is -0.844. The van der Waals surface area contributed by atoms with Gasteiger partial charge in [-0.15, -0.1) is 0 Å². The van der Waals surface area contributed by atoms with E-state index in [9.17, 15) is 15.0 Å². The maximum Gasteiger partial charge on any atom is 0.220 e. The number of hydrogen-bond donors (Lipinski definition) is 3. The molecule has 0 saturated heterocycles. The molecule has 0 bridgehead atoms. The summed E-state index contributed by atoms with van der Waals surface area (Å²) in [4.78, 5) is 12.5. The normalized spacial score (nSPS) is 13.4. The molecule has 0 aromatic rings. The second-order valence-electron chi connectivity index (χ2n) is 20.0. The van der Waals surface area contributed by atoms with Gasteiger partial charge in [0.15, 0.2) is 0 Å². The van der Waals surface area contributed by atoms with Gasteiger partial charge in [0.05, 0.1) is 18.8 Å². The molecule has 4 heteroatoms. The zero-order valence-corrected chi connectivity index (χ0v) is 45.4. The molecule has 0 aliphatic carbocycles. The molecular weight excluding hydrogens is 831 g/mol. The van der Waals surface area contributed by atoms with Crippen molar-refractivity contribution in [1.29, 1.82) is 0 Å². The van der Waals surface area contributed by atoms with Crippen molar-refractivity contribution in [1.82, 2.24) is 5.32 Å². The molecule has 0 saturated carbocycles. The highest BCUT2D eigenvalue weighted by molar-refractivity contribution is 5.76. The van der Waals surface area contributed by atoms with Crippen LogP contribution in [-0.2, 0) is 4.79 Å². The van der Waals surface area contributed by atoms with Crippen LogP contribution in [0.25, 0.3) is 0 Å². The number of aliphatic hydroxyl groups excluding tert-OH is 2. The molecule has 0 rings (SSSR count). The number of allylic oxidation sites excluding steroid dienone is 13. The van der Waals surface area contributed by atoms with Crippen molar-refractivity contribution in [2.24, 2.45) is 0 Å². The van der Waals surface area contributed by atoms with Crippen molar-refractivity contribution < 1.29 is 15.0 Å². The third-order valence-electron chi connectivity index (χ3n) is 13.4. The molecule has 2 unspecified atom stereocenters. The van der Waals surface area contributed by atoms with Gasteiger partial charge in [0.25, 0.3) is 0 Å². The minimum Gasteiger partial charge on any atom is -0.394 e. The summed E-state index contributed by atoms with van der Waals surface area (Å²) in [5.41, 5.74) is 0. The highest BCUT2D eigenvalue weighted by atomic mass is 16.3. The Labute approximate surface area is 424 Å². The fourth-order valence-corrected chi connectivity index (χ4v) is 8.89. The molecule has 0 spiro atoms. The van der Waals surface area contributed by atoms with E-state index in [1.54, 1.807) is 6.08 Å². The monoisotopic (exact) mass is 946 g/mol. The van der Waals surface area contributed by atoms with Crippen molar-refractivity contribution in [2.45, 2.75) is 309 Å². The van der Waals surface area contributed by atoms with Crippen LogP contribution in [0.1, 0.15) is 296 Å². The molecule has 68 heavy (non-hydrogen) atoms. The van der Waals surface area contributed by atoms with Crippen LogP contribution in [0.15, 0.2) is 85.1 Å². The fraction of sp³-hybridized carbons (Fsp3) is 0.766. The Balaban J connectivity index is 3.51. The van der Waals surface area contributed by atoms with E-state index in [4.69, 9.17) is 0 Å². The largest absolute Gasteiger partial charge is 0.394 e. The first-order chi connectivity index (χ1) is 33.7. The summed E-state index contributed by atoms with van der Waals surface area (Å²) in [7, 11) is 0. The third kappa shape index (κ3) is 54.5. The lowest BCUT2D eigenvalue weighted by molar-refractivity contribution is -0.123. The van der Waals surface area contributed by atoms with Gasteiger partial charge >= 0.3 is 0 Å². The average molecular weight is 947 g/mol. The quantitative estimate of drug-likeness (QED) is 0.0420. The van der Waals surface area contributed by atoms with E-state index in [0.29, 0.717) is 6.42 Å². The molecule has 3 N–H and O–H groups in total. The number of carbonyl (C=O) groups excluding carboxylic acids is 1. The lowest BCUT2D eigenvalue weighted by atomic mass is 10.0. The van der Waals surface area contributed by atoms with E-state index in [1.165, 1.54) is 212 Å². The third-order valence-corrected chi connectivity index (χ3v) is 13.4. The average Bonchev–Trinajstić information content (AvgIpc) is 3.34. The molecule has 0 aromatic heterocycles. The Morgan fingerprint density at radius 1 is 0.368 bits per heavy atom. The molecule has 0 fully saturated rings. The van der Waals surface area contributed by atoms with Crippen molar-refractivity contribution in [2.75, 3.05) is 6.61 Å². The summed E-state index contributed by atoms with van der Waals surface area (Å²) in [6, 6.07) is -0.627. The van der Waals surface area contributed by atoms with Crippen LogP contribution in [0.5, 0.6) is 0 Å². The van der Waals surface area contributed by atoms with Crippen LogP contribution in [0.3, 0.4) is 0 Å². The fourth-order valence-electron chi connectivity index (χ4n) is 8.89. The lowest BCUT2D eigenvalue weighted by Crippen LogP contribution is -2.45. The first kappa shape index (κ1) is 65.6. The minimum absolute atomic E-state index is 0.0641. The Kier molecular flexibility index (Phi) is 56.8. The summed E-state index contributed by atoms with van der Waals surface area (Å²) in [5.74, 6) is -0.0641. The van der Waals surface area contributed by atoms with E-state index in [-0.39, 0.29) is 12.5 Å². The predicted octanol–water partition coefficient (Wildman–Crippen LogP) is 19.9. The van der Waals surface area contributed by atoms with Crippen molar-refractivity contribution in [3.05, 3.63) is 85.1 Å². The summed E-state index contributed by atoms with van der Waals surface area (Å²) < 4.78 is 0. The number of carbonyl (C=O) groups is 1. The molecule has 0 aromatic carbocycles. The Hall–Kier alpha value is -2.43. The molecule has 0 heterocycles. The van der Waals surface area contributed by atoms with Gasteiger partial charge < -0.3 is 15.5 Å². The molecule has 0 aliphatic rings. The Morgan fingerprint density at radius 2 is 0.647 bits per heavy atom. The molecule has 0 radical (unpaired) electrons. The van der Waals surface area contributed by atoms with Gasteiger partial charge in [0.1, 0.15) is 0 Å². The number of rotatable bonds is 54. The highest BCUT2D eigenvalue weighted by Gasteiger charge is 2.18. The van der Waals surface area contributed by atoms with Crippen molar-refractivity contribution in [3.8, 4) is 0 Å². The Bertz CT molecular complexity index is 1210. The van der Waals surface area contributed by atoms with Gasteiger partial charge in [-0.25, -0.2) is 0 Å². The van der Waals surface area contributed by atoms with E-state index in [0.717, 1.165) is 64.2 Å².